The molecule has 0 bridgehead atoms. The summed E-state index contributed by atoms with van der Waals surface area (Å²) in [4.78, 5) is 24.9. The number of benzene rings is 2. The zero-order valence-corrected chi connectivity index (χ0v) is 20.9. The van der Waals surface area contributed by atoms with Crippen LogP contribution in [0.1, 0.15) is 37.7 Å². The van der Waals surface area contributed by atoms with Crippen LogP contribution in [0.4, 0.5) is 24.5 Å². The molecule has 3 aromatic rings. The zero-order chi connectivity index (χ0) is 27.1. The molecule has 2 heterocycles. The van der Waals surface area contributed by atoms with Gasteiger partial charge >= 0.3 is 6.18 Å². The topological polar surface area (TPSA) is 103 Å². The van der Waals surface area contributed by atoms with E-state index < -0.39 is 28.7 Å². The van der Waals surface area contributed by atoms with Gasteiger partial charge in [0.05, 0.1) is 40.4 Å². The van der Waals surface area contributed by atoms with E-state index in [1.54, 1.807) is 36.9 Å². The Morgan fingerprint density at radius 1 is 1.16 bits per heavy atom. The van der Waals surface area contributed by atoms with Gasteiger partial charge in [0.15, 0.2) is 5.11 Å². The van der Waals surface area contributed by atoms with Crippen LogP contribution in [0.25, 0.3) is 10.9 Å². The van der Waals surface area contributed by atoms with Gasteiger partial charge in [-0.15, -0.1) is 0 Å². The van der Waals surface area contributed by atoms with Gasteiger partial charge in [0.25, 0.3) is 5.91 Å². The van der Waals surface area contributed by atoms with Gasteiger partial charge in [-0.2, -0.15) is 23.4 Å². The number of thiocarbonyl (C=S) groups is 1. The van der Waals surface area contributed by atoms with Crippen molar-refractivity contribution in [2.24, 2.45) is 0 Å². The average molecular weight is 530 g/mol. The number of hydrogen-bond donors (Lipinski definition) is 1. The highest BCUT2D eigenvalue weighted by atomic mass is 32.1. The number of carbonyl (C=O) groups is 1. The molecule has 0 aliphatic carbocycles. The molecule has 1 amide bonds. The summed E-state index contributed by atoms with van der Waals surface area (Å²) in [5, 5.41) is 18.8. The fourth-order valence-corrected chi connectivity index (χ4v) is 4.67. The van der Waals surface area contributed by atoms with E-state index in [4.69, 9.17) is 22.2 Å². The van der Waals surface area contributed by atoms with Crippen molar-refractivity contribution in [3.63, 3.8) is 0 Å². The number of aliphatic hydroxyl groups is 1. The standard InChI is InChI=1S/C25H22F3N5O3S/c1-4-20-30-19-8-7-16(11-17(19)21(31-20)36-10-9-34)33-23(37)32(22(35)24(33,2)3)15-6-5-14(13-29)18(12-15)25(26,27)28/h5-8,11-12,34H,4,9-10H2,1-3H3. The van der Waals surface area contributed by atoms with Crippen LogP contribution in [0.5, 0.6) is 5.88 Å². The van der Waals surface area contributed by atoms with Crippen LogP contribution in [-0.2, 0) is 17.4 Å². The lowest BCUT2D eigenvalue weighted by Gasteiger charge is -2.29. The summed E-state index contributed by atoms with van der Waals surface area (Å²) in [6.45, 7) is 4.91. The second kappa shape index (κ2) is 9.57. The first-order valence-corrected chi connectivity index (χ1v) is 11.7. The molecular formula is C25H22F3N5O3S. The van der Waals surface area contributed by atoms with Gasteiger partial charge < -0.3 is 14.7 Å². The fourth-order valence-electron chi connectivity index (χ4n) is 4.14. The molecule has 0 spiro atoms. The number of anilines is 2. The number of aryl methyl sites for hydroxylation is 1. The van der Waals surface area contributed by atoms with Crippen molar-refractivity contribution in [3.05, 3.63) is 53.3 Å². The molecule has 1 aromatic heterocycles. The summed E-state index contributed by atoms with van der Waals surface area (Å²) in [7, 11) is 0. The quantitative estimate of drug-likeness (QED) is 0.470. The van der Waals surface area contributed by atoms with Gasteiger partial charge in [0, 0.05) is 12.1 Å². The largest absolute Gasteiger partial charge is 0.475 e. The van der Waals surface area contributed by atoms with E-state index >= 15 is 0 Å². The Bertz CT molecular complexity index is 1450. The lowest BCUT2D eigenvalue weighted by atomic mass is 10.0. The predicted octanol–water partition coefficient (Wildman–Crippen LogP) is 4.37. The van der Waals surface area contributed by atoms with Crippen molar-refractivity contribution in [1.29, 1.82) is 5.26 Å². The van der Waals surface area contributed by atoms with Gasteiger partial charge in [0.1, 0.15) is 18.0 Å². The molecule has 1 fully saturated rings. The molecule has 0 atom stereocenters. The number of fused-ring (bicyclic) bond motifs is 1. The summed E-state index contributed by atoms with van der Waals surface area (Å²) >= 11 is 5.60. The first-order valence-electron chi connectivity index (χ1n) is 11.3. The van der Waals surface area contributed by atoms with Crippen LogP contribution in [0, 0.1) is 11.3 Å². The minimum absolute atomic E-state index is 0.0135. The lowest BCUT2D eigenvalue weighted by Crippen LogP contribution is -2.44. The molecule has 0 radical (unpaired) electrons. The first-order chi connectivity index (χ1) is 17.4. The second-order valence-corrected chi connectivity index (χ2v) is 9.09. The van der Waals surface area contributed by atoms with E-state index in [2.05, 4.69) is 9.97 Å². The molecule has 1 N–H and O–H groups in total. The monoisotopic (exact) mass is 529 g/mol. The van der Waals surface area contributed by atoms with Gasteiger partial charge in [-0.25, -0.2) is 4.98 Å². The van der Waals surface area contributed by atoms with E-state index in [0.717, 1.165) is 17.0 Å². The summed E-state index contributed by atoms with van der Waals surface area (Å²) in [6.07, 6.45) is -4.23. The highest BCUT2D eigenvalue weighted by molar-refractivity contribution is 7.81. The number of alkyl halides is 3. The molecule has 192 valence electrons. The maximum Gasteiger partial charge on any atom is 0.417 e. The van der Waals surface area contributed by atoms with E-state index in [-0.39, 0.29) is 29.9 Å². The number of aromatic nitrogens is 2. The Hall–Kier alpha value is -3.82. The first kappa shape index (κ1) is 26.2. The van der Waals surface area contributed by atoms with Gasteiger partial charge in [0.2, 0.25) is 5.88 Å². The van der Waals surface area contributed by atoms with Crippen LogP contribution in [-0.4, -0.2) is 44.8 Å². The maximum absolute atomic E-state index is 13.6. The highest BCUT2D eigenvalue weighted by Gasteiger charge is 2.50. The molecule has 2 aromatic carbocycles. The summed E-state index contributed by atoms with van der Waals surface area (Å²) in [5.74, 6) is 0.267. The van der Waals surface area contributed by atoms with Crippen LogP contribution >= 0.6 is 12.2 Å². The predicted molar refractivity (Wildman–Crippen MR) is 134 cm³/mol. The van der Waals surface area contributed by atoms with E-state index in [1.807, 2.05) is 6.92 Å². The minimum Gasteiger partial charge on any atom is -0.475 e. The average Bonchev–Trinajstić information content (AvgIpc) is 3.04. The Kier molecular flexibility index (Phi) is 6.79. The normalized spacial score (nSPS) is 15.4. The van der Waals surface area contributed by atoms with Crippen molar-refractivity contribution in [1.82, 2.24) is 9.97 Å². The Balaban J connectivity index is 1.82. The van der Waals surface area contributed by atoms with Crippen molar-refractivity contribution in [3.8, 4) is 11.9 Å². The number of nitriles is 1. The van der Waals surface area contributed by atoms with Gasteiger partial charge in [-0.05, 0) is 62.5 Å². The van der Waals surface area contributed by atoms with Crippen LogP contribution in [0.15, 0.2) is 36.4 Å². The molecule has 1 saturated heterocycles. The van der Waals surface area contributed by atoms with Crippen molar-refractivity contribution >= 4 is 45.5 Å². The Morgan fingerprint density at radius 2 is 1.86 bits per heavy atom. The van der Waals surface area contributed by atoms with E-state index in [1.165, 1.54) is 12.1 Å². The summed E-state index contributed by atoms with van der Waals surface area (Å²) in [6, 6.07) is 9.67. The van der Waals surface area contributed by atoms with Crippen LogP contribution < -0.4 is 14.5 Å². The number of carbonyl (C=O) groups excluding carboxylic acids is 1. The molecule has 0 unspecified atom stereocenters. The third-order valence-electron chi connectivity index (χ3n) is 5.95. The molecule has 1 aliphatic rings. The van der Waals surface area contributed by atoms with E-state index in [0.29, 0.717) is 28.8 Å². The number of halogens is 3. The number of aliphatic hydroxyl groups excluding tert-OH is 1. The number of ether oxygens (including phenoxy) is 1. The number of amides is 1. The van der Waals surface area contributed by atoms with E-state index in [9.17, 15) is 23.1 Å². The zero-order valence-electron chi connectivity index (χ0n) is 20.1. The van der Waals surface area contributed by atoms with Gasteiger partial charge in [-0.1, -0.05) is 6.92 Å². The molecular weight excluding hydrogens is 507 g/mol. The number of hydrogen-bond acceptors (Lipinski definition) is 7. The molecule has 37 heavy (non-hydrogen) atoms. The van der Waals surface area contributed by atoms with Crippen LogP contribution in [0.2, 0.25) is 0 Å². The van der Waals surface area contributed by atoms with Crippen LogP contribution in [0.3, 0.4) is 0 Å². The summed E-state index contributed by atoms with van der Waals surface area (Å²) < 4.78 is 46.4. The molecule has 1 aliphatic heterocycles. The third-order valence-corrected chi connectivity index (χ3v) is 6.32. The Labute approximate surface area is 215 Å². The summed E-state index contributed by atoms with van der Waals surface area (Å²) in [5.41, 5.74) is -2.00. The SMILES string of the molecule is CCc1nc(OCCO)c2cc(N3C(=S)N(c4ccc(C#N)c(C(F)(F)F)c4)C(=O)C3(C)C)ccc2n1. The smallest absolute Gasteiger partial charge is 0.417 e. The molecule has 0 saturated carbocycles. The highest BCUT2D eigenvalue weighted by Crippen LogP contribution is 2.40. The lowest BCUT2D eigenvalue weighted by molar-refractivity contribution is -0.137. The molecule has 12 heteroatoms. The van der Waals surface area contributed by atoms with Gasteiger partial charge in [-0.3, -0.25) is 9.69 Å². The second-order valence-electron chi connectivity index (χ2n) is 8.73. The van der Waals surface area contributed by atoms with Crippen molar-refractivity contribution < 1.29 is 27.8 Å². The third kappa shape index (κ3) is 4.56. The Morgan fingerprint density at radius 3 is 2.49 bits per heavy atom. The minimum atomic E-state index is -4.79. The number of rotatable bonds is 6. The number of nitrogens with zero attached hydrogens (tertiary/aromatic N) is 5. The molecule has 8 nitrogen and oxygen atoms in total. The fraction of sp³-hybridized carbons (Fsp3) is 0.320. The molecule has 4 rings (SSSR count). The van der Waals surface area contributed by atoms with Crippen molar-refractivity contribution in [2.75, 3.05) is 23.0 Å². The maximum atomic E-state index is 13.6. The van der Waals surface area contributed by atoms with Crippen molar-refractivity contribution in [2.45, 2.75) is 38.9 Å².